The first-order valence-corrected chi connectivity index (χ1v) is 4.60. The monoisotopic (exact) mass is 181 g/mol. The fraction of sp³-hybridized carbons (Fsp3) is 0.556. The smallest absolute Gasteiger partial charge is 0.256 e. The van der Waals surface area contributed by atoms with Crippen LogP contribution in [0.4, 0.5) is 5.82 Å². The molecule has 72 valence electrons. The van der Waals surface area contributed by atoms with Crippen molar-refractivity contribution in [1.29, 1.82) is 0 Å². The van der Waals surface area contributed by atoms with E-state index in [4.69, 9.17) is 0 Å². The Labute approximate surface area is 77.4 Å². The number of hydrogen-bond donors (Lipinski definition) is 2. The predicted octanol–water partition coefficient (Wildman–Crippen LogP) is 1.15. The summed E-state index contributed by atoms with van der Waals surface area (Å²) in [6.45, 7) is 4.81. The maximum absolute atomic E-state index is 11.4. The fourth-order valence-electron chi connectivity index (χ4n) is 1.23. The van der Waals surface area contributed by atoms with Crippen molar-refractivity contribution in [3.05, 3.63) is 22.2 Å². The van der Waals surface area contributed by atoms with Gasteiger partial charge in [-0.1, -0.05) is 13.3 Å². The Bertz CT molecular complexity index is 319. The van der Waals surface area contributed by atoms with Gasteiger partial charge in [0.05, 0.1) is 11.9 Å². The first-order valence-electron chi connectivity index (χ1n) is 4.60. The summed E-state index contributed by atoms with van der Waals surface area (Å²) >= 11 is 0. The van der Waals surface area contributed by atoms with Crippen LogP contribution in [0, 0.1) is 0 Å². The van der Waals surface area contributed by atoms with E-state index >= 15 is 0 Å². The molecule has 1 heterocycles. The molecule has 0 saturated heterocycles. The number of anilines is 1. The van der Waals surface area contributed by atoms with Gasteiger partial charge >= 0.3 is 0 Å². The second-order valence-corrected chi connectivity index (χ2v) is 2.84. The molecule has 0 unspecified atom stereocenters. The molecule has 1 aromatic heterocycles. The first-order chi connectivity index (χ1) is 6.29. The van der Waals surface area contributed by atoms with E-state index < -0.39 is 0 Å². The quantitative estimate of drug-likeness (QED) is 0.732. The van der Waals surface area contributed by atoms with Crippen molar-refractivity contribution >= 4 is 5.82 Å². The number of nitrogens with zero attached hydrogens (tertiary/aromatic N) is 1. The van der Waals surface area contributed by atoms with Gasteiger partial charge in [-0.15, -0.1) is 0 Å². The topological polar surface area (TPSA) is 57.8 Å². The largest absolute Gasteiger partial charge is 0.370 e. The van der Waals surface area contributed by atoms with Crippen LogP contribution in [0.5, 0.6) is 0 Å². The van der Waals surface area contributed by atoms with Crippen LogP contribution in [-0.2, 0) is 6.42 Å². The molecule has 0 saturated carbocycles. The summed E-state index contributed by atoms with van der Waals surface area (Å²) in [5.74, 6) is 0.716. The Morgan fingerprint density at radius 1 is 1.54 bits per heavy atom. The predicted molar refractivity (Wildman–Crippen MR) is 53.0 cm³/mol. The molecule has 4 nitrogen and oxygen atoms in total. The van der Waals surface area contributed by atoms with E-state index in [0.717, 1.165) is 24.9 Å². The maximum atomic E-state index is 11.4. The normalized spacial score (nSPS) is 10.0. The summed E-state index contributed by atoms with van der Waals surface area (Å²) in [5, 5.41) is 3.07. The van der Waals surface area contributed by atoms with Crippen molar-refractivity contribution in [3.8, 4) is 0 Å². The van der Waals surface area contributed by atoms with Crippen molar-refractivity contribution in [2.24, 2.45) is 0 Å². The molecule has 0 atom stereocenters. The van der Waals surface area contributed by atoms with Gasteiger partial charge in [0, 0.05) is 6.54 Å². The fourth-order valence-corrected chi connectivity index (χ4v) is 1.23. The highest BCUT2D eigenvalue weighted by molar-refractivity contribution is 5.41. The van der Waals surface area contributed by atoms with Crippen LogP contribution < -0.4 is 10.9 Å². The van der Waals surface area contributed by atoms with E-state index in [9.17, 15) is 4.79 Å². The lowest BCUT2D eigenvalue weighted by atomic mass is 10.2. The summed E-state index contributed by atoms with van der Waals surface area (Å²) < 4.78 is 0. The average molecular weight is 181 g/mol. The average Bonchev–Trinajstić information content (AvgIpc) is 2.11. The molecule has 0 aliphatic carbocycles. The molecule has 0 amide bonds. The van der Waals surface area contributed by atoms with Gasteiger partial charge in [0.2, 0.25) is 0 Å². The van der Waals surface area contributed by atoms with Gasteiger partial charge in [-0.25, -0.2) is 4.98 Å². The summed E-state index contributed by atoms with van der Waals surface area (Å²) in [6, 6.07) is 0. The van der Waals surface area contributed by atoms with Gasteiger partial charge in [0.25, 0.3) is 5.56 Å². The zero-order chi connectivity index (χ0) is 9.68. The molecule has 4 heteroatoms. The van der Waals surface area contributed by atoms with Gasteiger partial charge in [-0.3, -0.25) is 4.79 Å². The van der Waals surface area contributed by atoms with Crippen molar-refractivity contribution < 1.29 is 0 Å². The lowest BCUT2D eigenvalue weighted by molar-refractivity contribution is 0.883. The van der Waals surface area contributed by atoms with Crippen molar-refractivity contribution in [2.75, 3.05) is 11.9 Å². The number of hydrogen-bond acceptors (Lipinski definition) is 3. The molecule has 13 heavy (non-hydrogen) atoms. The van der Waals surface area contributed by atoms with Crippen LogP contribution in [0.3, 0.4) is 0 Å². The zero-order valence-electron chi connectivity index (χ0n) is 8.05. The lowest BCUT2D eigenvalue weighted by Gasteiger charge is -2.06. The van der Waals surface area contributed by atoms with Gasteiger partial charge in [-0.05, 0) is 13.3 Å². The van der Waals surface area contributed by atoms with Crippen LogP contribution in [0.25, 0.3) is 0 Å². The third-order valence-electron chi connectivity index (χ3n) is 1.79. The summed E-state index contributed by atoms with van der Waals surface area (Å²) in [6.07, 6.45) is 3.15. The zero-order valence-corrected chi connectivity index (χ0v) is 8.05. The van der Waals surface area contributed by atoms with Crippen LogP contribution in [-0.4, -0.2) is 16.5 Å². The number of nitrogens with one attached hydrogen (secondary N) is 2. The Balaban J connectivity index is 3.02. The Morgan fingerprint density at radius 3 is 2.92 bits per heavy atom. The molecular weight excluding hydrogens is 166 g/mol. The van der Waals surface area contributed by atoms with Crippen LogP contribution in [0.15, 0.2) is 11.1 Å². The molecule has 0 aromatic carbocycles. The molecule has 0 aliphatic rings. The van der Waals surface area contributed by atoms with E-state index in [1.807, 2.05) is 13.8 Å². The molecule has 1 rings (SSSR count). The second kappa shape index (κ2) is 4.64. The minimum absolute atomic E-state index is 0.0344. The van der Waals surface area contributed by atoms with Crippen LogP contribution in [0.1, 0.15) is 25.8 Å². The van der Waals surface area contributed by atoms with E-state index in [0.29, 0.717) is 5.82 Å². The van der Waals surface area contributed by atoms with Crippen molar-refractivity contribution in [2.45, 2.75) is 26.7 Å². The van der Waals surface area contributed by atoms with Crippen LogP contribution >= 0.6 is 0 Å². The maximum Gasteiger partial charge on any atom is 0.256 e. The number of rotatable bonds is 4. The molecule has 0 spiro atoms. The Morgan fingerprint density at radius 2 is 2.31 bits per heavy atom. The highest BCUT2D eigenvalue weighted by Crippen LogP contribution is 2.07. The summed E-state index contributed by atoms with van der Waals surface area (Å²) in [4.78, 5) is 18.0. The number of aromatic nitrogens is 2. The van der Waals surface area contributed by atoms with E-state index in [-0.39, 0.29) is 5.56 Å². The van der Waals surface area contributed by atoms with Gasteiger partial charge in [0.15, 0.2) is 0 Å². The van der Waals surface area contributed by atoms with Gasteiger partial charge in [-0.2, -0.15) is 0 Å². The van der Waals surface area contributed by atoms with Crippen molar-refractivity contribution in [3.63, 3.8) is 0 Å². The molecular formula is C9H15N3O. The minimum atomic E-state index is -0.0344. The molecule has 0 aliphatic heterocycles. The molecule has 0 fully saturated rings. The standard InChI is InChI=1S/C9H15N3O/c1-3-5-7-8(10-4-2)11-6-12-9(7)13/h6H,3-5H2,1-2H3,(H2,10,11,12,13). The molecule has 1 aromatic rings. The summed E-state index contributed by atoms with van der Waals surface area (Å²) in [5.41, 5.74) is 0.722. The van der Waals surface area contributed by atoms with Crippen molar-refractivity contribution in [1.82, 2.24) is 9.97 Å². The molecule has 0 bridgehead atoms. The molecule has 2 N–H and O–H groups in total. The Kier molecular flexibility index (Phi) is 3.49. The third-order valence-corrected chi connectivity index (χ3v) is 1.79. The van der Waals surface area contributed by atoms with E-state index in [2.05, 4.69) is 15.3 Å². The minimum Gasteiger partial charge on any atom is -0.370 e. The first kappa shape index (κ1) is 9.77. The summed E-state index contributed by atoms with van der Waals surface area (Å²) in [7, 11) is 0. The Hall–Kier alpha value is -1.32. The lowest BCUT2D eigenvalue weighted by Crippen LogP contribution is -2.17. The second-order valence-electron chi connectivity index (χ2n) is 2.84. The van der Waals surface area contributed by atoms with Gasteiger partial charge in [0.1, 0.15) is 5.82 Å². The van der Waals surface area contributed by atoms with E-state index in [1.54, 1.807) is 0 Å². The van der Waals surface area contributed by atoms with Crippen LogP contribution in [0.2, 0.25) is 0 Å². The highest BCUT2D eigenvalue weighted by Gasteiger charge is 2.05. The van der Waals surface area contributed by atoms with E-state index in [1.165, 1.54) is 6.33 Å². The van der Waals surface area contributed by atoms with Gasteiger partial charge < -0.3 is 10.3 Å². The SMILES string of the molecule is CCCc1c(NCC)nc[nH]c1=O. The molecule has 0 radical (unpaired) electrons. The number of aromatic amines is 1. The highest BCUT2D eigenvalue weighted by atomic mass is 16.1. The third kappa shape index (κ3) is 2.31. The number of H-pyrrole nitrogens is 1.